The van der Waals surface area contributed by atoms with Gasteiger partial charge in [0.1, 0.15) is 0 Å². The van der Waals surface area contributed by atoms with Crippen molar-refractivity contribution in [1.82, 2.24) is 0 Å². The third-order valence-electron chi connectivity index (χ3n) is 5.27. The highest BCUT2D eigenvalue weighted by atomic mass is 16.3. The minimum absolute atomic E-state index is 0.201. The van der Waals surface area contributed by atoms with E-state index in [1.807, 2.05) is 12.1 Å². The molecule has 0 heterocycles. The van der Waals surface area contributed by atoms with E-state index in [4.69, 9.17) is 0 Å². The van der Waals surface area contributed by atoms with Gasteiger partial charge in [-0.05, 0) is 61.0 Å². The van der Waals surface area contributed by atoms with Crippen LogP contribution in [0.5, 0.6) is 0 Å². The lowest BCUT2D eigenvalue weighted by molar-refractivity contribution is 0.119. The van der Waals surface area contributed by atoms with Crippen molar-refractivity contribution < 1.29 is 10.2 Å². The molecule has 2 aromatic rings. The first-order valence-corrected chi connectivity index (χ1v) is 9.96. The summed E-state index contributed by atoms with van der Waals surface area (Å²) in [5.74, 6) is 1.05. The van der Waals surface area contributed by atoms with Gasteiger partial charge in [0.05, 0.1) is 6.10 Å². The zero-order chi connectivity index (χ0) is 18.8. The van der Waals surface area contributed by atoms with Gasteiger partial charge in [-0.25, -0.2) is 0 Å². The van der Waals surface area contributed by atoms with E-state index in [0.717, 1.165) is 32.1 Å². The quantitative estimate of drug-likeness (QED) is 0.582. The van der Waals surface area contributed by atoms with Crippen LogP contribution < -0.4 is 0 Å². The van der Waals surface area contributed by atoms with Crippen molar-refractivity contribution in [3.8, 4) is 0 Å². The highest BCUT2D eigenvalue weighted by Gasteiger charge is 2.20. The summed E-state index contributed by atoms with van der Waals surface area (Å²) in [7, 11) is 0. The normalized spacial score (nSPS) is 16.0. The van der Waals surface area contributed by atoms with Crippen LogP contribution in [0.1, 0.15) is 56.6 Å². The molecule has 0 bridgehead atoms. The van der Waals surface area contributed by atoms with Crippen molar-refractivity contribution >= 4 is 0 Å². The van der Waals surface area contributed by atoms with Gasteiger partial charge in [-0.3, -0.25) is 0 Å². The highest BCUT2D eigenvalue weighted by Crippen LogP contribution is 2.30. The number of hydrogen-bond donors (Lipinski definition) is 2. The zero-order valence-corrected chi connectivity index (χ0v) is 16.2. The van der Waals surface area contributed by atoms with E-state index < -0.39 is 0 Å². The first-order chi connectivity index (χ1) is 12.6. The van der Waals surface area contributed by atoms with Gasteiger partial charge in [0, 0.05) is 6.61 Å². The SMILES string of the molecule is CC(CCc1ccccc1)CC(O)CC(CC(C)CO)c1ccccc1. The molecule has 0 aliphatic heterocycles. The van der Waals surface area contributed by atoms with Crippen LogP contribution in [0.4, 0.5) is 0 Å². The average Bonchev–Trinajstić information content (AvgIpc) is 2.67. The first-order valence-electron chi connectivity index (χ1n) is 9.96. The van der Waals surface area contributed by atoms with E-state index in [-0.39, 0.29) is 18.6 Å². The Balaban J connectivity index is 1.86. The topological polar surface area (TPSA) is 40.5 Å². The predicted molar refractivity (Wildman–Crippen MR) is 109 cm³/mol. The minimum atomic E-state index is -0.295. The van der Waals surface area contributed by atoms with Crippen molar-refractivity contribution in [1.29, 1.82) is 0 Å². The molecule has 0 aliphatic rings. The molecule has 0 radical (unpaired) electrons. The summed E-state index contributed by atoms with van der Waals surface area (Å²) in [5.41, 5.74) is 2.64. The molecule has 0 aliphatic carbocycles. The van der Waals surface area contributed by atoms with Gasteiger partial charge in [-0.2, -0.15) is 0 Å². The maximum absolute atomic E-state index is 10.7. The lowest BCUT2D eigenvalue weighted by atomic mass is 9.83. The molecular weight excluding hydrogens is 320 g/mol. The molecule has 2 N–H and O–H groups in total. The molecule has 4 atom stereocenters. The summed E-state index contributed by atoms with van der Waals surface area (Å²) in [4.78, 5) is 0. The fourth-order valence-corrected chi connectivity index (χ4v) is 3.72. The monoisotopic (exact) mass is 354 g/mol. The molecule has 142 valence electrons. The van der Waals surface area contributed by atoms with Crippen LogP contribution in [0, 0.1) is 11.8 Å². The molecule has 0 amide bonds. The Hall–Kier alpha value is -1.64. The number of benzene rings is 2. The second-order valence-corrected chi connectivity index (χ2v) is 7.89. The van der Waals surface area contributed by atoms with Crippen molar-refractivity contribution in [2.45, 2.75) is 58.0 Å². The van der Waals surface area contributed by atoms with Crippen molar-refractivity contribution in [3.63, 3.8) is 0 Å². The van der Waals surface area contributed by atoms with Crippen LogP contribution in [-0.2, 0) is 6.42 Å². The molecule has 0 saturated heterocycles. The molecule has 0 aromatic heterocycles. The Morgan fingerprint density at radius 1 is 0.769 bits per heavy atom. The molecule has 0 fully saturated rings. The summed E-state index contributed by atoms with van der Waals surface area (Å²) in [5, 5.41) is 20.1. The van der Waals surface area contributed by atoms with Gasteiger partial charge in [-0.1, -0.05) is 74.5 Å². The first kappa shape index (κ1) is 20.7. The zero-order valence-electron chi connectivity index (χ0n) is 16.2. The second kappa shape index (κ2) is 11.2. The fraction of sp³-hybridized carbons (Fsp3) is 0.500. The smallest absolute Gasteiger partial charge is 0.0548 e. The van der Waals surface area contributed by atoms with Gasteiger partial charge in [0.25, 0.3) is 0 Å². The third kappa shape index (κ3) is 7.31. The molecule has 2 heteroatoms. The number of rotatable bonds is 11. The summed E-state index contributed by atoms with van der Waals surface area (Å²) in [6.07, 6.45) is 4.39. The minimum Gasteiger partial charge on any atom is -0.396 e. The maximum atomic E-state index is 10.7. The summed E-state index contributed by atoms with van der Waals surface area (Å²) in [6, 6.07) is 21.0. The average molecular weight is 355 g/mol. The van der Waals surface area contributed by atoms with Gasteiger partial charge in [0.2, 0.25) is 0 Å². The van der Waals surface area contributed by atoms with E-state index in [2.05, 4.69) is 62.4 Å². The summed E-state index contributed by atoms with van der Waals surface area (Å²) < 4.78 is 0. The van der Waals surface area contributed by atoms with Gasteiger partial charge >= 0.3 is 0 Å². The van der Waals surface area contributed by atoms with E-state index in [1.54, 1.807) is 0 Å². The predicted octanol–water partition coefficient (Wildman–Crippen LogP) is 5.20. The van der Waals surface area contributed by atoms with E-state index in [0.29, 0.717) is 11.8 Å². The Kier molecular flexibility index (Phi) is 8.87. The summed E-state index contributed by atoms with van der Waals surface area (Å²) in [6.45, 7) is 4.51. The molecule has 2 aromatic carbocycles. The van der Waals surface area contributed by atoms with Crippen LogP contribution in [0.3, 0.4) is 0 Å². The van der Waals surface area contributed by atoms with E-state index >= 15 is 0 Å². The van der Waals surface area contributed by atoms with Gasteiger partial charge in [0.15, 0.2) is 0 Å². The van der Waals surface area contributed by atoms with Crippen LogP contribution >= 0.6 is 0 Å². The third-order valence-corrected chi connectivity index (χ3v) is 5.27. The Morgan fingerprint density at radius 3 is 2.00 bits per heavy atom. The van der Waals surface area contributed by atoms with Crippen molar-refractivity contribution in [2.75, 3.05) is 6.61 Å². The molecule has 2 rings (SSSR count). The van der Waals surface area contributed by atoms with E-state index in [9.17, 15) is 10.2 Å². The maximum Gasteiger partial charge on any atom is 0.0548 e. The van der Waals surface area contributed by atoms with Crippen LogP contribution in [0.15, 0.2) is 60.7 Å². The largest absolute Gasteiger partial charge is 0.396 e. The molecule has 4 unspecified atom stereocenters. The Bertz CT molecular complexity index is 596. The van der Waals surface area contributed by atoms with Crippen LogP contribution in [0.2, 0.25) is 0 Å². The summed E-state index contributed by atoms with van der Waals surface area (Å²) >= 11 is 0. The Morgan fingerprint density at radius 2 is 1.38 bits per heavy atom. The van der Waals surface area contributed by atoms with Gasteiger partial charge in [-0.15, -0.1) is 0 Å². The fourth-order valence-electron chi connectivity index (χ4n) is 3.72. The van der Waals surface area contributed by atoms with Crippen LogP contribution in [-0.4, -0.2) is 22.9 Å². The lowest BCUT2D eigenvalue weighted by Crippen LogP contribution is -2.18. The number of aliphatic hydroxyl groups excluding tert-OH is 2. The van der Waals surface area contributed by atoms with E-state index in [1.165, 1.54) is 11.1 Å². The second-order valence-electron chi connectivity index (χ2n) is 7.89. The van der Waals surface area contributed by atoms with Crippen molar-refractivity contribution in [3.05, 3.63) is 71.8 Å². The van der Waals surface area contributed by atoms with Crippen molar-refractivity contribution in [2.24, 2.45) is 11.8 Å². The molecule has 0 spiro atoms. The molecule has 2 nitrogen and oxygen atoms in total. The van der Waals surface area contributed by atoms with Crippen LogP contribution in [0.25, 0.3) is 0 Å². The molecule has 0 saturated carbocycles. The number of aryl methyl sites for hydroxylation is 1. The van der Waals surface area contributed by atoms with Gasteiger partial charge < -0.3 is 10.2 Å². The Labute approximate surface area is 158 Å². The molecular formula is C24H34O2. The standard InChI is InChI=1S/C24H34O2/c1-19(13-14-21-9-5-3-6-10-21)16-24(26)17-23(15-20(2)18-25)22-11-7-4-8-12-22/h3-12,19-20,23-26H,13-18H2,1-2H3. The lowest BCUT2D eigenvalue weighted by Gasteiger charge is -2.25. The number of hydrogen-bond acceptors (Lipinski definition) is 2. The molecule has 26 heavy (non-hydrogen) atoms. The highest BCUT2D eigenvalue weighted by molar-refractivity contribution is 5.20. The number of aliphatic hydroxyl groups is 2.